The Morgan fingerprint density at radius 3 is 2.19 bits per heavy atom. The van der Waals surface area contributed by atoms with Crippen molar-refractivity contribution in [2.24, 2.45) is 0 Å². The molecule has 8 heteroatoms. The van der Waals surface area contributed by atoms with Gasteiger partial charge >= 0.3 is 10.1 Å². The molecule has 0 N–H and O–H groups in total. The lowest BCUT2D eigenvalue weighted by Crippen LogP contribution is -2.46. The standard InChI is InChI=1S/C19H21ClN2O4S/c1-21-10-12-22(13-11-21)14-19(23)15-2-6-17(7-3-15)26-27(24,25)18-8-4-16(20)5-9-18/h2-9H,10-14H2,1H3. The maximum Gasteiger partial charge on any atom is 0.339 e. The zero-order chi connectivity index (χ0) is 19.4. The van der Waals surface area contributed by atoms with Crippen molar-refractivity contribution in [3.8, 4) is 5.75 Å². The minimum absolute atomic E-state index is 0.00617. The summed E-state index contributed by atoms with van der Waals surface area (Å²) >= 11 is 5.77. The third-order valence-corrected chi connectivity index (χ3v) is 5.96. The largest absolute Gasteiger partial charge is 0.379 e. The van der Waals surface area contributed by atoms with E-state index in [-0.39, 0.29) is 16.4 Å². The molecule has 3 rings (SSSR count). The molecule has 1 aliphatic heterocycles. The van der Waals surface area contributed by atoms with E-state index in [0.29, 0.717) is 17.1 Å². The Hall–Kier alpha value is -1.93. The van der Waals surface area contributed by atoms with Gasteiger partial charge in [0.2, 0.25) is 0 Å². The molecule has 0 spiro atoms. The number of Topliss-reactive ketones (excluding diaryl/α,β-unsaturated/α-hetero) is 1. The number of likely N-dealkylation sites (N-methyl/N-ethyl adjacent to an activating group) is 1. The van der Waals surface area contributed by atoms with E-state index in [2.05, 4.69) is 16.8 Å². The van der Waals surface area contributed by atoms with Crippen LogP contribution in [0.5, 0.6) is 5.75 Å². The number of piperazine rings is 1. The first-order valence-corrected chi connectivity index (χ1v) is 10.4. The average Bonchev–Trinajstić information content (AvgIpc) is 2.64. The third kappa shape index (κ3) is 5.29. The molecular formula is C19H21ClN2O4S. The van der Waals surface area contributed by atoms with Gasteiger partial charge in [-0.05, 0) is 55.6 Å². The molecule has 1 aliphatic rings. The van der Waals surface area contributed by atoms with E-state index < -0.39 is 10.1 Å². The van der Waals surface area contributed by atoms with E-state index in [0.717, 1.165) is 26.2 Å². The number of rotatable bonds is 6. The smallest absolute Gasteiger partial charge is 0.339 e. The van der Waals surface area contributed by atoms with Crippen molar-refractivity contribution in [3.05, 3.63) is 59.1 Å². The number of nitrogens with zero attached hydrogens (tertiary/aromatic N) is 2. The zero-order valence-electron chi connectivity index (χ0n) is 15.0. The summed E-state index contributed by atoms with van der Waals surface area (Å²) < 4.78 is 29.7. The van der Waals surface area contributed by atoms with Gasteiger partial charge in [-0.3, -0.25) is 9.69 Å². The van der Waals surface area contributed by atoms with Crippen LogP contribution in [0.2, 0.25) is 5.02 Å². The van der Waals surface area contributed by atoms with Crippen LogP contribution in [0, 0.1) is 0 Å². The van der Waals surface area contributed by atoms with Crippen LogP contribution in [0.15, 0.2) is 53.4 Å². The van der Waals surface area contributed by atoms with E-state index in [1.165, 1.54) is 36.4 Å². The SMILES string of the molecule is CN1CCN(CC(=O)c2ccc(OS(=O)(=O)c3ccc(Cl)cc3)cc2)CC1. The minimum Gasteiger partial charge on any atom is -0.379 e. The van der Waals surface area contributed by atoms with Gasteiger partial charge in [0.05, 0.1) is 6.54 Å². The molecular weight excluding hydrogens is 388 g/mol. The predicted molar refractivity (Wildman–Crippen MR) is 104 cm³/mol. The fourth-order valence-electron chi connectivity index (χ4n) is 2.77. The fourth-order valence-corrected chi connectivity index (χ4v) is 3.83. The lowest BCUT2D eigenvalue weighted by Gasteiger charge is -2.31. The molecule has 1 saturated heterocycles. The van der Waals surface area contributed by atoms with E-state index >= 15 is 0 Å². The summed E-state index contributed by atoms with van der Waals surface area (Å²) in [6, 6.07) is 11.9. The summed E-state index contributed by atoms with van der Waals surface area (Å²) in [5.41, 5.74) is 0.533. The van der Waals surface area contributed by atoms with Gasteiger partial charge in [0, 0.05) is 36.8 Å². The van der Waals surface area contributed by atoms with Crippen LogP contribution in [-0.4, -0.2) is 63.8 Å². The maximum absolute atomic E-state index is 12.4. The number of hydrogen-bond acceptors (Lipinski definition) is 6. The molecule has 1 heterocycles. The van der Waals surface area contributed by atoms with Crippen molar-refractivity contribution in [1.82, 2.24) is 9.80 Å². The van der Waals surface area contributed by atoms with Gasteiger partial charge < -0.3 is 9.08 Å². The second kappa shape index (κ2) is 8.39. The highest BCUT2D eigenvalue weighted by atomic mass is 35.5. The molecule has 27 heavy (non-hydrogen) atoms. The molecule has 0 aliphatic carbocycles. The maximum atomic E-state index is 12.4. The summed E-state index contributed by atoms with van der Waals surface area (Å²) in [7, 11) is -1.88. The molecule has 0 atom stereocenters. The number of ketones is 1. The summed E-state index contributed by atoms with van der Waals surface area (Å²) in [5, 5.41) is 0.442. The minimum atomic E-state index is -3.95. The third-order valence-electron chi connectivity index (χ3n) is 4.45. The molecule has 1 fully saturated rings. The molecule has 6 nitrogen and oxygen atoms in total. The number of halogens is 1. The molecule has 0 aromatic heterocycles. The first-order valence-electron chi connectivity index (χ1n) is 8.58. The zero-order valence-corrected chi connectivity index (χ0v) is 16.5. The normalized spacial score (nSPS) is 16.2. The molecule has 2 aromatic rings. The van der Waals surface area contributed by atoms with Crippen molar-refractivity contribution in [1.29, 1.82) is 0 Å². The Balaban J connectivity index is 1.63. The van der Waals surface area contributed by atoms with Crippen molar-refractivity contribution < 1.29 is 17.4 Å². The molecule has 0 unspecified atom stereocenters. The molecule has 0 bridgehead atoms. The van der Waals surface area contributed by atoms with Crippen LogP contribution in [0.25, 0.3) is 0 Å². The van der Waals surface area contributed by atoms with Gasteiger partial charge in [-0.25, -0.2) is 0 Å². The van der Waals surface area contributed by atoms with Gasteiger partial charge in [-0.2, -0.15) is 8.42 Å². The van der Waals surface area contributed by atoms with Crippen LogP contribution in [0.4, 0.5) is 0 Å². The Kier molecular flexibility index (Phi) is 6.16. The van der Waals surface area contributed by atoms with Crippen molar-refractivity contribution in [2.45, 2.75) is 4.90 Å². The van der Waals surface area contributed by atoms with Crippen LogP contribution in [-0.2, 0) is 10.1 Å². The molecule has 2 aromatic carbocycles. The number of benzene rings is 2. The summed E-state index contributed by atoms with van der Waals surface area (Å²) in [4.78, 5) is 16.8. The lowest BCUT2D eigenvalue weighted by atomic mass is 10.1. The summed E-state index contributed by atoms with van der Waals surface area (Å²) in [6.45, 7) is 3.98. The van der Waals surface area contributed by atoms with E-state index in [1.54, 1.807) is 12.1 Å². The first-order chi connectivity index (χ1) is 12.8. The van der Waals surface area contributed by atoms with Crippen molar-refractivity contribution >= 4 is 27.5 Å². The van der Waals surface area contributed by atoms with E-state index in [1.807, 2.05) is 0 Å². The molecule has 144 valence electrons. The lowest BCUT2D eigenvalue weighted by molar-refractivity contribution is 0.0876. The number of carbonyl (C=O) groups is 1. The quantitative estimate of drug-likeness (QED) is 0.540. The second-order valence-corrected chi connectivity index (χ2v) is 8.50. The van der Waals surface area contributed by atoms with Gasteiger partial charge in [-0.15, -0.1) is 0 Å². The van der Waals surface area contributed by atoms with E-state index in [4.69, 9.17) is 15.8 Å². The van der Waals surface area contributed by atoms with Crippen LogP contribution < -0.4 is 4.18 Å². The second-order valence-electron chi connectivity index (χ2n) is 6.52. The highest BCUT2D eigenvalue weighted by Crippen LogP contribution is 2.21. The Bertz CT molecular complexity index is 890. The Labute approximate surface area is 164 Å². The van der Waals surface area contributed by atoms with E-state index in [9.17, 15) is 13.2 Å². The average molecular weight is 409 g/mol. The van der Waals surface area contributed by atoms with Crippen molar-refractivity contribution in [2.75, 3.05) is 39.8 Å². The topological polar surface area (TPSA) is 66.9 Å². The highest BCUT2D eigenvalue weighted by Gasteiger charge is 2.19. The summed E-state index contributed by atoms with van der Waals surface area (Å²) in [6.07, 6.45) is 0. The fraction of sp³-hybridized carbons (Fsp3) is 0.316. The van der Waals surface area contributed by atoms with Crippen LogP contribution in [0.1, 0.15) is 10.4 Å². The molecule has 0 amide bonds. The van der Waals surface area contributed by atoms with Crippen LogP contribution in [0.3, 0.4) is 0 Å². The Morgan fingerprint density at radius 1 is 1.00 bits per heavy atom. The van der Waals surface area contributed by atoms with Gasteiger partial charge in [-0.1, -0.05) is 11.6 Å². The number of hydrogen-bond donors (Lipinski definition) is 0. The van der Waals surface area contributed by atoms with Gasteiger partial charge in [0.25, 0.3) is 0 Å². The van der Waals surface area contributed by atoms with Crippen LogP contribution >= 0.6 is 11.6 Å². The first kappa shape index (κ1) is 19.8. The van der Waals surface area contributed by atoms with Crippen molar-refractivity contribution in [3.63, 3.8) is 0 Å². The monoisotopic (exact) mass is 408 g/mol. The number of carbonyl (C=O) groups excluding carboxylic acids is 1. The predicted octanol–water partition coefficient (Wildman–Crippen LogP) is 2.54. The molecule has 0 saturated carbocycles. The summed E-state index contributed by atoms with van der Waals surface area (Å²) in [5.74, 6) is 0.160. The van der Waals surface area contributed by atoms with Gasteiger partial charge in [0.1, 0.15) is 10.6 Å². The molecule has 0 radical (unpaired) electrons. The Morgan fingerprint density at radius 2 is 1.59 bits per heavy atom. The van der Waals surface area contributed by atoms with Gasteiger partial charge in [0.15, 0.2) is 5.78 Å². The highest BCUT2D eigenvalue weighted by molar-refractivity contribution is 7.87.